The molecule has 6 nitrogen and oxygen atoms in total. The topological polar surface area (TPSA) is 77.4 Å². The van der Waals surface area contributed by atoms with E-state index in [0.717, 1.165) is 24.4 Å². The molecule has 0 fully saturated rings. The molecular weight excluding hydrogens is 392 g/mol. The Morgan fingerprint density at radius 3 is 2.42 bits per heavy atom. The maximum atomic E-state index is 12.7. The van der Waals surface area contributed by atoms with E-state index in [0.29, 0.717) is 11.3 Å². The summed E-state index contributed by atoms with van der Waals surface area (Å²) < 4.78 is 7.34. The number of rotatable bonds is 8. The smallest absolute Gasteiger partial charge is 0.338 e. The number of nitrogens with zero attached hydrogens (tertiary/aromatic N) is 1. The van der Waals surface area contributed by atoms with E-state index >= 15 is 0 Å². The summed E-state index contributed by atoms with van der Waals surface area (Å²) in [7, 11) is 0. The minimum atomic E-state index is -0.613. The highest BCUT2D eigenvalue weighted by Gasteiger charge is 2.18. The molecule has 1 aromatic heterocycles. The molecule has 0 aliphatic carbocycles. The van der Waals surface area contributed by atoms with Gasteiger partial charge in [0.15, 0.2) is 6.61 Å². The first-order valence-corrected chi connectivity index (χ1v) is 10.1. The second kappa shape index (κ2) is 9.89. The molecule has 0 saturated carbocycles. The summed E-state index contributed by atoms with van der Waals surface area (Å²) in [6, 6.07) is 18.4. The number of anilines is 1. The van der Waals surface area contributed by atoms with E-state index < -0.39 is 5.97 Å². The van der Waals surface area contributed by atoms with Crippen LogP contribution in [0.2, 0.25) is 0 Å². The number of amides is 1. The number of carbonyl (C=O) groups excluding carboxylic acids is 3. The number of carbonyl (C=O) groups is 3. The first kappa shape index (κ1) is 22.0. The highest BCUT2D eigenvalue weighted by Crippen LogP contribution is 2.18. The summed E-state index contributed by atoms with van der Waals surface area (Å²) in [5.74, 6) is -1.09. The van der Waals surface area contributed by atoms with E-state index in [9.17, 15) is 14.4 Å². The third-order valence-electron chi connectivity index (χ3n) is 5.09. The molecule has 0 unspecified atom stereocenters. The van der Waals surface area contributed by atoms with Gasteiger partial charge in [-0.25, -0.2) is 4.79 Å². The highest BCUT2D eigenvalue weighted by molar-refractivity contribution is 6.00. The van der Waals surface area contributed by atoms with Crippen molar-refractivity contribution in [3.8, 4) is 0 Å². The van der Waals surface area contributed by atoms with Gasteiger partial charge in [0.05, 0.1) is 5.56 Å². The third kappa shape index (κ3) is 5.69. The molecule has 0 atom stereocenters. The van der Waals surface area contributed by atoms with Crippen LogP contribution in [0.3, 0.4) is 0 Å². The highest BCUT2D eigenvalue weighted by atomic mass is 16.5. The van der Waals surface area contributed by atoms with E-state index in [1.54, 1.807) is 18.2 Å². The average molecular weight is 418 g/mol. The predicted molar refractivity (Wildman–Crippen MR) is 119 cm³/mol. The maximum Gasteiger partial charge on any atom is 0.338 e. The zero-order valence-corrected chi connectivity index (χ0v) is 18.0. The standard InChI is InChI=1S/C25H26N2O4/c1-17-14-23(18(2)27(17)13-12-20-8-5-4-6-9-20)24(29)16-31-25(30)21-10-7-11-22(15-21)26-19(3)28/h4-11,14-15H,12-13,16H2,1-3H3,(H,26,28). The molecule has 0 saturated heterocycles. The van der Waals surface area contributed by atoms with E-state index in [1.165, 1.54) is 18.6 Å². The average Bonchev–Trinajstić information content (AvgIpc) is 3.04. The van der Waals surface area contributed by atoms with E-state index in [-0.39, 0.29) is 23.9 Å². The van der Waals surface area contributed by atoms with Crippen LogP contribution in [0.15, 0.2) is 60.7 Å². The molecule has 1 N–H and O–H groups in total. The fourth-order valence-electron chi connectivity index (χ4n) is 3.53. The van der Waals surface area contributed by atoms with Crippen molar-refractivity contribution in [2.24, 2.45) is 0 Å². The fraction of sp³-hybridized carbons (Fsp3) is 0.240. The molecular formula is C25H26N2O4. The van der Waals surface area contributed by atoms with Crippen molar-refractivity contribution >= 4 is 23.3 Å². The number of Topliss-reactive ketones (excluding diaryl/α,β-unsaturated/α-hetero) is 1. The van der Waals surface area contributed by atoms with Gasteiger partial charge in [0.2, 0.25) is 11.7 Å². The van der Waals surface area contributed by atoms with Gasteiger partial charge < -0.3 is 14.6 Å². The number of benzene rings is 2. The van der Waals surface area contributed by atoms with E-state index in [2.05, 4.69) is 22.0 Å². The molecule has 1 heterocycles. The van der Waals surface area contributed by atoms with Gasteiger partial charge in [-0.1, -0.05) is 36.4 Å². The van der Waals surface area contributed by atoms with Gasteiger partial charge in [-0.15, -0.1) is 0 Å². The number of hydrogen-bond donors (Lipinski definition) is 1. The monoisotopic (exact) mass is 418 g/mol. The molecule has 3 rings (SSSR count). The third-order valence-corrected chi connectivity index (χ3v) is 5.09. The van der Waals surface area contributed by atoms with Crippen molar-refractivity contribution in [1.82, 2.24) is 4.57 Å². The Balaban J connectivity index is 1.63. The molecule has 0 radical (unpaired) electrons. The lowest BCUT2D eigenvalue weighted by molar-refractivity contribution is -0.114. The van der Waals surface area contributed by atoms with Crippen LogP contribution < -0.4 is 5.32 Å². The zero-order valence-electron chi connectivity index (χ0n) is 18.0. The SMILES string of the molecule is CC(=O)Nc1cccc(C(=O)OCC(=O)c2cc(C)n(CCc3ccccc3)c2C)c1. The van der Waals surface area contributed by atoms with Crippen LogP contribution in [0.4, 0.5) is 5.69 Å². The van der Waals surface area contributed by atoms with Crippen LogP contribution in [0.5, 0.6) is 0 Å². The van der Waals surface area contributed by atoms with Crippen LogP contribution in [0.25, 0.3) is 0 Å². The van der Waals surface area contributed by atoms with Gasteiger partial charge in [0.25, 0.3) is 0 Å². The lowest BCUT2D eigenvalue weighted by atomic mass is 10.1. The Morgan fingerprint density at radius 2 is 1.71 bits per heavy atom. The van der Waals surface area contributed by atoms with Crippen LogP contribution in [0, 0.1) is 13.8 Å². The lowest BCUT2D eigenvalue weighted by Gasteiger charge is -2.10. The van der Waals surface area contributed by atoms with Crippen LogP contribution in [-0.2, 0) is 22.5 Å². The van der Waals surface area contributed by atoms with E-state index in [1.807, 2.05) is 38.1 Å². The largest absolute Gasteiger partial charge is 0.454 e. The second-order valence-electron chi connectivity index (χ2n) is 7.43. The molecule has 6 heteroatoms. The number of aromatic nitrogens is 1. The van der Waals surface area contributed by atoms with Gasteiger partial charge in [0, 0.05) is 36.1 Å². The van der Waals surface area contributed by atoms with Crippen LogP contribution >= 0.6 is 0 Å². The number of esters is 1. The molecule has 3 aromatic rings. The normalized spacial score (nSPS) is 10.5. The molecule has 31 heavy (non-hydrogen) atoms. The fourth-order valence-corrected chi connectivity index (χ4v) is 3.53. The number of ether oxygens (including phenoxy) is 1. The minimum absolute atomic E-state index is 0.233. The first-order chi connectivity index (χ1) is 14.8. The summed E-state index contributed by atoms with van der Waals surface area (Å²) in [5, 5.41) is 2.61. The van der Waals surface area contributed by atoms with Crippen molar-refractivity contribution in [3.63, 3.8) is 0 Å². The molecule has 0 aliphatic rings. The van der Waals surface area contributed by atoms with Crippen LogP contribution in [-0.4, -0.2) is 28.8 Å². The molecule has 160 valence electrons. The number of aryl methyl sites for hydroxylation is 2. The van der Waals surface area contributed by atoms with Gasteiger partial charge in [-0.05, 0) is 50.1 Å². The Morgan fingerprint density at radius 1 is 0.968 bits per heavy atom. The summed E-state index contributed by atoms with van der Waals surface area (Å²) in [6.07, 6.45) is 0.866. The Kier molecular flexibility index (Phi) is 7.03. The van der Waals surface area contributed by atoms with Crippen LogP contribution in [0.1, 0.15) is 44.6 Å². The van der Waals surface area contributed by atoms with Crippen molar-refractivity contribution < 1.29 is 19.1 Å². The Labute approximate surface area is 181 Å². The van der Waals surface area contributed by atoms with Gasteiger partial charge in [-0.2, -0.15) is 0 Å². The summed E-state index contributed by atoms with van der Waals surface area (Å²) in [5.41, 5.74) is 4.42. The summed E-state index contributed by atoms with van der Waals surface area (Å²) in [6.45, 7) is 5.69. The molecule has 0 aliphatic heterocycles. The number of hydrogen-bond acceptors (Lipinski definition) is 4. The maximum absolute atomic E-state index is 12.7. The zero-order chi connectivity index (χ0) is 22.4. The van der Waals surface area contributed by atoms with Gasteiger partial charge in [0.1, 0.15) is 0 Å². The molecule has 0 spiro atoms. The van der Waals surface area contributed by atoms with Crippen molar-refractivity contribution in [2.75, 3.05) is 11.9 Å². The summed E-state index contributed by atoms with van der Waals surface area (Å²) in [4.78, 5) is 36.2. The lowest BCUT2D eigenvalue weighted by Crippen LogP contribution is -2.15. The molecule has 1 amide bonds. The van der Waals surface area contributed by atoms with Crippen molar-refractivity contribution in [3.05, 3.63) is 88.7 Å². The number of nitrogens with one attached hydrogen (secondary N) is 1. The predicted octanol–water partition coefficient (Wildman–Crippen LogP) is 4.35. The van der Waals surface area contributed by atoms with E-state index in [4.69, 9.17) is 4.74 Å². The second-order valence-corrected chi connectivity index (χ2v) is 7.43. The first-order valence-electron chi connectivity index (χ1n) is 10.1. The van der Waals surface area contributed by atoms with Gasteiger partial charge in [-0.3, -0.25) is 9.59 Å². The quantitative estimate of drug-likeness (QED) is 0.436. The molecule has 0 bridgehead atoms. The minimum Gasteiger partial charge on any atom is -0.454 e. The Hall–Kier alpha value is -3.67. The number of ketones is 1. The van der Waals surface area contributed by atoms with Gasteiger partial charge >= 0.3 is 5.97 Å². The van der Waals surface area contributed by atoms with Crippen molar-refractivity contribution in [2.45, 2.75) is 33.7 Å². The summed E-state index contributed by atoms with van der Waals surface area (Å²) >= 11 is 0. The molecule has 2 aromatic carbocycles. The van der Waals surface area contributed by atoms with Crippen molar-refractivity contribution in [1.29, 1.82) is 0 Å². The Bertz CT molecular complexity index is 1100.